The zero-order valence-electron chi connectivity index (χ0n) is 34.8. The highest BCUT2D eigenvalue weighted by molar-refractivity contribution is 6.35. The molecule has 2 aliphatic heterocycles. The molecule has 6 heterocycles. The molecule has 0 saturated carbocycles. The van der Waals surface area contributed by atoms with Gasteiger partial charge in [-0.3, -0.25) is 14.2 Å². The van der Waals surface area contributed by atoms with Crippen molar-refractivity contribution in [3.8, 4) is 28.7 Å². The van der Waals surface area contributed by atoms with Gasteiger partial charge in [-0.2, -0.15) is 9.97 Å². The van der Waals surface area contributed by atoms with Gasteiger partial charge in [-0.05, 0) is 88.5 Å². The van der Waals surface area contributed by atoms with Gasteiger partial charge in [0, 0.05) is 82.2 Å². The van der Waals surface area contributed by atoms with Crippen molar-refractivity contribution >= 4 is 92.8 Å². The highest BCUT2D eigenvalue weighted by atomic mass is 35.5. The number of fused-ring (bicyclic) bond motifs is 2. The Morgan fingerprint density at radius 2 is 1.13 bits per heavy atom. The van der Waals surface area contributed by atoms with Crippen LogP contribution in [-0.2, 0) is 9.59 Å². The van der Waals surface area contributed by atoms with Crippen LogP contribution >= 0.6 is 58.0 Å². The van der Waals surface area contributed by atoms with E-state index >= 15 is 0 Å². The Kier molecular flexibility index (Phi) is 14.5. The fourth-order valence-corrected chi connectivity index (χ4v) is 8.50. The number of carbonyl (C=O) groups excluding carboxylic acids is 2. The van der Waals surface area contributed by atoms with Crippen LogP contribution in [0.25, 0.3) is 28.7 Å². The van der Waals surface area contributed by atoms with Crippen molar-refractivity contribution in [3.05, 3.63) is 99.0 Å². The molecule has 61 heavy (non-hydrogen) atoms. The van der Waals surface area contributed by atoms with E-state index in [0.29, 0.717) is 49.7 Å². The van der Waals surface area contributed by atoms with Gasteiger partial charge < -0.3 is 24.6 Å². The number of amides is 2. The normalized spacial score (nSPS) is 16.0. The summed E-state index contributed by atoms with van der Waals surface area (Å²) in [5, 5.41) is 2.47. The fourth-order valence-electron chi connectivity index (χ4n) is 7.32. The highest BCUT2D eigenvalue weighted by Crippen LogP contribution is 2.38. The minimum atomic E-state index is -0.265. The van der Waals surface area contributed by atoms with Crippen molar-refractivity contribution in [2.75, 3.05) is 33.7 Å². The number of carbonyl (C=O) groups is 2. The van der Waals surface area contributed by atoms with E-state index in [1.807, 2.05) is 44.7 Å². The molecule has 6 aromatic rings. The molecule has 19 heteroatoms. The van der Waals surface area contributed by atoms with Crippen molar-refractivity contribution in [1.82, 2.24) is 39.5 Å². The number of aromatic nitrogens is 8. The Morgan fingerprint density at radius 1 is 0.639 bits per heavy atom. The minimum absolute atomic E-state index is 0.0481. The number of aromatic amines is 1. The van der Waals surface area contributed by atoms with Crippen LogP contribution in [0.4, 0.5) is 23.0 Å². The fraction of sp³-hybridized carbons (Fsp3) is 0.333. The smallest absolute Gasteiger partial charge is 0.249 e. The zero-order valence-corrected chi connectivity index (χ0v) is 38.6. The Hall–Kier alpha value is -4.99. The summed E-state index contributed by atoms with van der Waals surface area (Å²) in [5.41, 5.74) is 3.05. The molecule has 2 aromatic carbocycles. The number of rotatable bonds is 7. The van der Waals surface area contributed by atoms with E-state index in [4.69, 9.17) is 63.0 Å². The summed E-state index contributed by atoms with van der Waals surface area (Å²) in [6.07, 6.45) is 11.6. The molecular formula is C42H45Cl5N12O2. The summed E-state index contributed by atoms with van der Waals surface area (Å²) >= 11 is 29.9. The summed E-state index contributed by atoms with van der Waals surface area (Å²) in [6.45, 7) is 12.2. The third-order valence-corrected chi connectivity index (χ3v) is 11.1. The van der Waals surface area contributed by atoms with Crippen molar-refractivity contribution in [1.29, 1.82) is 0 Å². The molecule has 2 atom stereocenters. The number of anilines is 4. The first-order chi connectivity index (χ1) is 29.0. The van der Waals surface area contributed by atoms with E-state index in [1.54, 1.807) is 89.9 Å². The van der Waals surface area contributed by atoms with Crippen LogP contribution in [0, 0.1) is 0 Å². The first-order valence-electron chi connectivity index (χ1n) is 19.5. The topological polar surface area (TPSA) is 145 Å². The predicted octanol–water partition coefficient (Wildman–Crippen LogP) is 10.1. The monoisotopic (exact) mass is 924 g/mol. The van der Waals surface area contributed by atoms with E-state index in [1.165, 1.54) is 0 Å². The number of imidazole rings is 2. The van der Waals surface area contributed by atoms with Crippen molar-refractivity contribution < 1.29 is 9.59 Å². The predicted molar refractivity (Wildman–Crippen MR) is 246 cm³/mol. The number of hydrogen-bond acceptors (Lipinski definition) is 10. The lowest BCUT2D eigenvalue weighted by Crippen LogP contribution is -2.55. The molecule has 2 amide bonds. The van der Waals surface area contributed by atoms with E-state index in [0.717, 1.165) is 35.0 Å². The Bertz CT molecular complexity index is 2470. The van der Waals surface area contributed by atoms with Gasteiger partial charge in [0.05, 0.1) is 12.4 Å². The van der Waals surface area contributed by atoms with Gasteiger partial charge in [0.1, 0.15) is 35.1 Å². The maximum Gasteiger partial charge on any atom is 0.249 e. The van der Waals surface area contributed by atoms with Gasteiger partial charge in [0.25, 0.3) is 0 Å². The lowest BCUT2D eigenvalue weighted by molar-refractivity contribution is -0.120. The Morgan fingerprint density at radius 3 is 1.61 bits per heavy atom. The van der Waals surface area contributed by atoms with E-state index < -0.39 is 0 Å². The van der Waals surface area contributed by atoms with Crippen LogP contribution in [-0.4, -0.2) is 89.5 Å². The van der Waals surface area contributed by atoms with Crippen molar-refractivity contribution in [2.45, 2.75) is 78.6 Å². The molecule has 2 aliphatic rings. The van der Waals surface area contributed by atoms with Crippen LogP contribution in [0.5, 0.6) is 0 Å². The SMILES string of the molecule is CC[C@@H]1C(=O)N(C)c2cnc(-n3ccnc3-c3cc(Cl)cc(Cl)c3)nc2N1C(C)C.CC[C@@H]1C(=O)N(C)c2cnc(Cl)nc2N1C(C)C.Clc1cc(Cl)cc(-c2ncc[nH]2)c1. The molecule has 0 saturated heterocycles. The summed E-state index contributed by atoms with van der Waals surface area (Å²) < 4.78 is 1.79. The largest absolute Gasteiger partial charge is 0.345 e. The molecule has 1 N–H and O–H groups in total. The number of nitrogens with one attached hydrogen (secondary N) is 1. The standard InChI is InChI=1S/C21H22Cl2N6O.C12H17ClN4O.C9H6Cl2N2/c1-5-16-20(30)27(4)17-11-25-21(26-19(17)29(16)12(2)3)28-7-6-24-18(28)13-8-14(22)10-15(23)9-13;1-5-8-11(18)16(4)9-6-14-12(13)15-10(9)17(8)7(2)3;10-7-3-6(4-8(11)5-7)9-12-1-2-13-9/h6-12,16H,5H2,1-4H3;6-8H,5H2,1-4H3;1-5H,(H,12,13)/t16-;8-;/m11./s1. The number of benzene rings is 2. The summed E-state index contributed by atoms with van der Waals surface area (Å²) in [4.78, 5) is 61.6. The average Bonchev–Trinajstić information content (AvgIpc) is 3.94. The van der Waals surface area contributed by atoms with Crippen LogP contribution in [0.1, 0.15) is 54.4 Å². The minimum Gasteiger partial charge on any atom is -0.345 e. The molecule has 4 aromatic heterocycles. The molecule has 14 nitrogen and oxygen atoms in total. The number of hydrogen-bond donors (Lipinski definition) is 1. The summed E-state index contributed by atoms with van der Waals surface area (Å²) in [5.74, 6) is 3.44. The van der Waals surface area contributed by atoms with Gasteiger partial charge in [0.2, 0.25) is 23.0 Å². The third-order valence-electron chi connectivity index (χ3n) is 10.1. The molecule has 8 rings (SSSR count). The van der Waals surface area contributed by atoms with Gasteiger partial charge in [-0.25, -0.2) is 19.9 Å². The lowest BCUT2D eigenvalue weighted by atomic mass is 10.1. The molecular weight excluding hydrogens is 882 g/mol. The molecule has 0 bridgehead atoms. The van der Waals surface area contributed by atoms with Gasteiger partial charge in [-0.1, -0.05) is 60.3 Å². The zero-order chi connectivity index (χ0) is 44.3. The lowest BCUT2D eigenvalue weighted by Gasteiger charge is -2.42. The average molecular weight is 927 g/mol. The maximum absolute atomic E-state index is 12.8. The molecule has 0 fully saturated rings. The van der Waals surface area contributed by atoms with Crippen LogP contribution in [0.2, 0.25) is 25.4 Å². The summed E-state index contributed by atoms with van der Waals surface area (Å²) in [7, 11) is 3.51. The van der Waals surface area contributed by atoms with E-state index in [9.17, 15) is 9.59 Å². The number of nitrogens with zero attached hydrogens (tertiary/aromatic N) is 11. The van der Waals surface area contributed by atoms with E-state index in [-0.39, 0.29) is 41.3 Å². The molecule has 320 valence electrons. The van der Waals surface area contributed by atoms with Gasteiger partial charge >= 0.3 is 0 Å². The Labute approximate surface area is 379 Å². The van der Waals surface area contributed by atoms with Gasteiger partial charge in [0.15, 0.2) is 11.6 Å². The highest BCUT2D eigenvalue weighted by Gasteiger charge is 2.39. The van der Waals surface area contributed by atoms with Crippen LogP contribution < -0.4 is 19.6 Å². The van der Waals surface area contributed by atoms with Gasteiger partial charge in [-0.15, -0.1) is 0 Å². The first-order valence-corrected chi connectivity index (χ1v) is 21.4. The molecule has 0 spiro atoms. The maximum atomic E-state index is 12.8. The quantitative estimate of drug-likeness (QED) is 0.154. The van der Waals surface area contributed by atoms with Crippen molar-refractivity contribution in [2.24, 2.45) is 0 Å². The number of halogens is 5. The number of H-pyrrole nitrogens is 1. The van der Waals surface area contributed by atoms with Crippen LogP contribution in [0.15, 0.2) is 73.6 Å². The summed E-state index contributed by atoms with van der Waals surface area (Å²) in [6, 6.07) is 10.4. The van der Waals surface area contributed by atoms with E-state index in [2.05, 4.69) is 48.7 Å². The van der Waals surface area contributed by atoms with Crippen LogP contribution in [0.3, 0.4) is 0 Å². The Balaban J connectivity index is 0.000000170. The second kappa shape index (κ2) is 19.4. The molecule has 0 unspecified atom stereocenters. The third kappa shape index (κ3) is 9.74. The molecule has 0 radical (unpaired) electrons. The molecule has 0 aliphatic carbocycles. The van der Waals surface area contributed by atoms with Crippen molar-refractivity contribution in [3.63, 3.8) is 0 Å². The number of likely N-dealkylation sites (N-methyl/N-ethyl adjacent to an activating group) is 2. The second-order valence-electron chi connectivity index (χ2n) is 14.7. The first kappa shape index (κ1) is 45.5. The second-order valence-corrected chi connectivity index (χ2v) is 16.8.